The second kappa shape index (κ2) is 6.67. The molecule has 0 radical (unpaired) electrons. The Morgan fingerprint density at radius 2 is 2.50 bits per heavy atom. The summed E-state index contributed by atoms with van der Waals surface area (Å²) in [6.07, 6.45) is 0.330. The molecule has 0 aromatic heterocycles. The minimum Gasteiger partial charge on any atom is -0.395 e. The molecule has 2 N–H and O–H groups in total. The van der Waals surface area contributed by atoms with Gasteiger partial charge in [0.1, 0.15) is 12.4 Å². The van der Waals surface area contributed by atoms with Crippen LogP contribution in [0.1, 0.15) is 0 Å². The molecule has 0 fully saturated rings. The molecule has 0 amide bonds. The Balaban J connectivity index is 3.17. The molecule has 4 heteroatoms. The number of nitrogens with one attached hydrogen (secondary N) is 1. The van der Waals surface area contributed by atoms with Gasteiger partial charge in [-0.2, -0.15) is 0 Å². The van der Waals surface area contributed by atoms with Crippen molar-refractivity contribution in [3.05, 3.63) is 0 Å². The quantitative estimate of drug-likeness (QED) is 0.365. The Morgan fingerprint density at radius 1 is 1.80 bits per heavy atom. The number of hydrogen-bond donors (Lipinski definition) is 2. The number of carbonyl (C=O) groups is 1. The highest BCUT2D eigenvalue weighted by Gasteiger charge is 2.01. The van der Waals surface area contributed by atoms with Gasteiger partial charge in [-0.15, -0.1) is 0 Å². The average molecular weight is 147 g/mol. The minimum atomic E-state index is -0.397. The standard InChI is InChI=1S/C6H13NO3/c1-10-6(5-9)4-7-2-3-8/h5-8H,2-4H2,1H3. The van der Waals surface area contributed by atoms with Crippen molar-refractivity contribution in [2.75, 3.05) is 26.8 Å². The van der Waals surface area contributed by atoms with E-state index in [1.165, 1.54) is 7.11 Å². The van der Waals surface area contributed by atoms with Crippen LogP contribution in [-0.2, 0) is 9.53 Å². The van der Waals surface area contributed by atoms with Gasteiger partial charge in [0.15, 0.2) is 0 Å². The zero-order chi connectivity index (χ0) is 7.82. The molecule has 0 heterocycles. The van der Waals surface area contributed by atoms with E-state index in [1.54, 1.807) is 0 Å². The van der Waals surface area contributed by atoms with Gasteiger partial charge in [0, 0.05) is 20.2 Å². The Hall–Kier alpha value is -0.450. The molecule has 0 aliphatic rings. The summed E-state index contributed by atoms with van der Waals surface area (Å²) in [5.41, 5.74) is 0. The van der Waals surface area contributed by atoms with Crippen LogP contribution in [-0.4, -0.2) is 44.3 Å². The fourth-order valence-electron chi connectivity index (χ4n) is 0.510. The van der Waals surface area contributed by atoms with Gasteiger partial charge in [-0.3, -0.25) is 0 Å². The number of rotatable bonds is 6. The monoisotopic (exact) mass is 147 g/mol. The van der Waals surface area contributed by atoms with Crippen molar-refractivity contribution in [1.82, 2.24) is 5.32 Å². The summed E-state index contributed by atoms with van der Waals surface area (Å²) >= 11 is 0. The molecule has 0 spiro atoms. The maximum absolute atomic E-state index is 10.1. The van der Waals surface area contributed by atoms with Crippen molar-refractivity contribution in [2.24, 2.45) is 0 Å². The highest BCUT2D eigenvalue weighted by molar-refractivity contribution is 5.56. The van der Waals surface area contributed by atoms with Crippen LogP contribution >= 0.6 is 0 Å². The number of methoxy groups -OCH3 is 1. The predicted molar refractivity (Wildman–Crippen MR) is 36.8 cm³/mol. The molecule has 0 aromatic carbocycles. The van der Waals surface area contributed by atoms with E-state index in [0.29, 0.717) is 13.1 Å². The van der Waals surface area contributed by atoms with Gasteiger partial charge in [0.25, 0.3) is 0 Å². The molecule has 0 aliphatic heterocycles. The molecule has 0 aromatic rings. The highest BCUT2D eigenvalue weighted by Crippen LogP contribution is 1.79. The van der Waals surface area contributed by atoms with Crippen LogP contribution in [0, 0.1) is 0 Å². The summed E-state index contributed by atoms with van der Waals surface area (Å²) in [7, 11) is 1.47. The molecule has 0 saturated heterocycles. The number of hydrogen-bond acceptors (Lipinski definition) is 4. The second-order valence-corrected chi connectivity index (χ2v) is 1.84. The first kappa shape index (κ1) is 9.55. The summed E-state index contributed by atoms with van der Waals surface area (Å²) < 4.78 is 4.73. The zero-order valence-corrected chi connectivity index (χ0v) is 6.04. The fourth-order valence-corrected chi connectivity index (χ4v) is 0.510. The third-order valence-electron chi connectivity index (χ3n) is 1.09. The molecule has 0 saturated carbocycles. The van der Waals surface area contributed by atoms with Gasteiger partial charge < -0.3 is 20.0 Å². The zero-order valence-electron chi connectivity index (χ0n) is 6.04. The molecular weight excluding hydrogens is 134 g/mol. The van der Waals surface area contributed by atoms with Crippen molar-refractivity contribution in [2.45, 2.75) is 6.10 Å². The number of ether oxygens (including phenoxy) is 1. The first-order chi connectivity index (χ1) is 4.85. The summed E-state index contributed by atoms with van der Waals surface area (Å²) in [4.78, 5) is 10.1. The number of aliphatic hydroxyl groups excluding tert-OH is 1. The van der Waals surface area contributed by atoms with E-state index in [0.717, 1.165) is 6.29 Å². The van der Waals surface area contributed by atoms with Crippen LogP contribution in [0.3, 0.4) is 0 Å². The lowest BCUT2D eigenvalue weighted by Crippen LogP contribution is -2.31. The van der Waals surface area contributed by atoms with Crippen molar-refractivity contribution in [3.8, 4) is 0 Å². The topological polar surface area (TPSA) is 58.6 Å². The van der Waals surface area contributed by atoms with E-state index in [9.17, 15) is 4.79 Å². The normalized spacial score (nSPS) is 13.0. The van der Waals surface area contributed by atoms with Gasteiger partial charge in [-0.05, 0) is 0 Å². The smallest absolute Gasteiger partial charge is 0.150 e. The largest absolute Gasteiger partial charge is 0.395 e. The van der Waals surface area contributed by atoms with Gasteiger partial charge in [-0.25, -0.2) is 0 Å². The van der Waals surface area contributed by atoms with Gasteiger partial charge in [0.2, 0.25) is 0 Å². The molecule has 60 valence electrons. The summed E-state index contributed by atoms with van der Waals surface area (Å²) in [5, 5.41) is 11.2. The van der Waals surface area contributed by atoms with Crippen molar-refractivity contribution in [1.29, 1.82) is 0 Å². The SMILES string of the molecule is COC(C=O)CNCCO. The molecule has 0 rings (SSSR count). The van der Waals surface area contributed by atoms with E-state index in [2.05, 4.69) is 5.32 Å². The molecule has 0 bridgehead atoms. The first-order valence-corrected chi connectivity index (χ1v) is 3.14. The van der Waals surface area contributed by atoms with Crippen LogP contribution in [0.4, 0.5) is 0 Å². The van der Waals surface area contributed by atoms with Crippen LogP contribution in [0.25, 0.3) is 0 Å². The molecule has 1 unspecified atom stereocenters. The fraction of sp³-hybridized carbons (Fsp3) is 0.833. The maximum Gasteiger partial charge on any atom is 0.150 e. The lowest BCUT2D eigenvalue weighted by molar-refractivity contribution is -0.116. The Labute approximate surface area is 60.2 Å². The van der Waals surface area contributed by atoms with Gasteiger partial charge >= 0.3 is 0 Å². The lowest BCUT2D eigenvalue weighted by atomic mass is 10.4. The summed E-state index contributed by atoms with van der Waals surface area (Å²) in [6, 6.07) is 0. The average Bonchev–Trinajstić information content (AvgIpc) is 1.99. The number of aldehydes is 1. The molecule has 1 atom stereocenters. The Morgan fingerprint density at radius 3 is 2.90 bits per heavy atom. The maximum atomic E-state index is 10.1. The Kier molecular flexibility index (Phi) is 6.37. The second-order valence-electron chi connectivity index (χ2n) is 1.84. The van der Waals surface area contributed by atoms with Gasteiger partial charge in [0.05, 0.1) is 6.61 Å². The van der Waals surface area contributed by atoms with E-state index in [-0.39, 0.29) is 6.61 Å². The van der Waals surface area contributed by atoms with E-state index in [4.69, 9.17) is 9.84 Å². The molecular formula is C6H13NO3. The van der Waals surface area contributed by atoms with Crippen LogP contribution in [0.15, 0.2) is 0 Å². The van der Waals surface area contributed by atoms with E-state index >= 15 is 0 Å². The van der Waals surface area contributed by atoms with E-state index < -0.39 is 6.10 Å². The van der Waals surface area contributed by atoms with Gasteiger partial charge in [-0.1, -0.05) is 0 Å². The highest BCUT2D eigenvalue weighted by atomic mass is 16.5. The third-order valence-corrected chi connectivity index (χ3v) is 1.09. The van der Waals surface area contributed by atoms with Crippen LogP contribution in [0.5, 0.6) is 0 Å². The lowest BCUT2D eigenvalue weighted by Gasteiger charge is -2.07. The van der Waals surface area contributed by atoms with Crippen LogP contribution in [0.2, 0.25) is 0 Å². The molecule has 10 heavy (non-hydrogen) atoms. The Bertz CT molecular complexity index is 87.1. The predicted octanol–water partition coefficient (Wildman–Crippen LogP) is -1.22. The van der Waals surface area contributed by atoms with E-state index in [1.807, 2.05) is 0 Å². The molecule has 0 aliphatic carbocycles. The van der Waals surface area contributed by atoms with Crippen molar-refractivity contribution < 1.29 is 14.6 Å². The molecule has 4 nitrogen and oxygen atoms in total. The first-order valence-electron chi connectivity index (χ1n) is 3.14. The van der Waals surface area contributed by atoms with Crippen molar-refractivity contribution >= 4 is 6.29 Å². The summed E-state index contributed by atoms with van der Waals surface area (Å²) in [6.45, 7) is 1.03. The van der Waals surface area contributed by atoms with Crippen molar-refractivity contribution in [3.63, 3.8) is 0 Å². The summed E-state index contributed by atoms with van der Waals surface area (Å²) in [5.74, 6) is 0. The number of carbonyl (C=O) groups excluding carboxylic acids is 1. The minimum absolute atomic E-state index is 0.0787. The third kappa shape index (κ3) is 4.43. The number of aliphatic hydroxyl groups is 1. The van der Waals surface area contributed by atoms with Crippen LogP contribution < -0.4 is 5.32 Å².